The van der Waals surface area contributed by atoms with Crippen molar-refractivity contribution in [1.82, 2.24) is 14.5 Å². The minimum Gasteiger partial charge on any atom is -0.367 e. The van der Waals surface area contributed by atoms with E-state index >= 15 is 0 Å². The van der Waals surface area contributed by atoms with Gasteiger partial charge in [0.05, 0.1) is 11.0 Å². The number of nitrogens with one attached hydrogen (secondary N) is 1. The van der Waals surface area contributed by atoms with E-state index in [-0.39, 0.29) is 25.2 Å². The highest BCUT2D eigenvalue weighted by atomic mass is 32.2. The Morgan fingerprint density at radius 3 is 2.42 bits per heavy atom. The van der Waals surface area contributed by atoms with E-state index in [1.54, 1.807) is 0 Å². The van der Waals surface area contributed by atoms with Crippen LogP contribution in [0.15, 0.2) is 34.5 Å². The molecule has 1 N–H and O–H groups in total. The summed E-state index contributed by atoms with van der Waals surface area (Å²) in [6.45, 7) is 7.00. The fourth-order valence-electron chi connectivity index (χ4n) is 6.33. The minimum atomic E-state index is -3.59. The van der Waals surface area contributed by atoms with Crippen molar-refractivity contribution in [1.29, 1.82) is 0 Å². The van der Waals surface area contributed by atoms with Crippen LogP contribution in [0.2, 0.25) is 0 Å². The zero-order valence-electron chi connectivity index (χ0n) is 23.4. The standard InChI is InChI=1S/C29H43N3O4S2/c1-20-15-21(2)29(22(3)16-20)38(34,35)32-13-12-25(18-32)36-19-27(33)30-17-23-8-10-24(11-9-23)28(31(4)5)26-7-6-14-37-26/h6-7,14-16,23-25,28H,8-13,17-19H2,1-5H3,(H,30,33). The zero-order chi connectivity index (χ0) is 27.4. The average Bonchev–Trinajstić information content (AvgIpc) is 3.54. The van der Waals surface area contributed by atoms with E-state index in [4.69, 9.17) is 4.74 Å². The van der Waals surface area contributed by atoms with Crippen molar-refractivity contribution < 1.29 is 17.9 Å². The maximum atomic E-state index is 13.3. The Bertz CT molecular complexity index is 1170. The number of thiophene rings is 1. The number of sulfonamides is 1. The van der Waals surface area contributed by atoms with E-state index in [0.29, 0.717) is 42.3 Å². The third-order valence-electron chi connectivity index (χ3n) is 8.08. The third-order valence-corrected chi connectivity index (χ3v) is 11.2. The maximum absolute atomic E-state index is 13.3. The first-order valence-electron chi connectivity index (χ1n) is 13.7. The predicted molar refractivity (Wildman–Crippen MR) is 153 cm³/mol. The molecule has 1 saturated heterocycles. The van der Waals surface area contributed by atoms with Gasteiger partial charge in [0.15, 0.2) is 0 Å². The van der Waals surface area contributed by atoms with Gasteiger partial charge in [-0.05, 0) is 101 Å². The van der Waals surface area contributed by atoms with Gasteiger partial charge in [-0.3, -0.25) is 4.79 Å². The van der Waals surface area contributed by atoms with E-state index < -0.39 is 10.0 Å². The fourth-order valence-corrected chi connectivity index (χ4v) is 9.25. The Morgan fingerprint density at radius 1 is 1.13 bits per heavy atom. The number of benzene rings is 1. The van der Waals surface area contributed by atoms with Gasteiger partial charge in [0.25, 0.3) is 0 Å². The molecule has 1 amide bonds. The number of ether oxygens (including phenoxy) is 1. The molecular weight excluding hydrogens is 518 g/mol. The van der Waals surface area contributed by atoms with Crippen molar-refractivity contribution in [3.63, 3.8) is 0 Å². The van der Waals surface area contributed by atoms with Gasteiger partial charge in [0.2, 0.25) is 15.9 Å². The average molecular weight is 562 g/mol. The van der Waals surface area contributed by atoms with Gasteiger partial charge in [-0.1, -0.05) is 23.8 Å². The summed E-state index contributed by atoms with van der Waals surface area (Å²) in [7, 11) is 0.741. The number of carbonyl (C=O) groups is 1. The lowest BCUT2D eigenvalue weighted by Gasteiger charge is -2.37. The Kier molecular flexibility index (Phi) is 9.68. The molecule has 1 aromatic heterocycles. The SMILES string of the molecule is Cc1cc(C)c(S(=O)(=O)N2CCC(OCC(=O)NCC3CCC(C(c4cccs4)N(C)C)CC3)C2)c(C)c1. The number of rotatable bonds is 10. The lowest BCUT2D eigenvalue weighted by Crippen LogP contribution is -2.36. The largest absolute Gasteiger partial charge is 0.367 e. The maximum Gasteiger partial charge on any atom is 0.246 e. The monoisotopic (exact) mass is 561 g/mol. The first-order valence-corrected chi connectivity index (χ1v) is 16.0. The van der Waals surface area contributed by atoms with Gasteiger partial charge in [0.1, 0.15) is 6.61 Å². The highest BCUT2D eigenvalue weighted by molar-refractivity contribution is 7.89. The molecule has 2 heterocycles. The van der Waals surface area contributed by atoms with Crippen LogP contribution >= 0.6 is 11.3 Å². The van der Waals surface area contributed by atoms with E-state index in [2.05, 4.69) is 41.8 Å². The highest BCUT2D eigenvalue weighted by Gasteiger charge is 2.35. The molecule has 2 unspecified atom stereocenters. The van der Waals surface area contributed by atoms with Crippen LogP contribution in [-0.4, -0.2) is 70.0 Å². The van der Waals surface area contributed by atoms with Crippen LogP contribution in [-0.2, 0) is 19.6 Å². The van der Waals surface area contributed by atoms with Crippen LogP contribution in [0.25, 0.3) is 0 Å². The molecule has 2 aliphatic rings. The van der Waals surface area contributed by atoms with Crippen LogP contribution in [0.3, 0.4) is 0 Å². The summed E-state index contributed by atoms with van der Waals surface area (Å²) < 4.78 is 33.9. The fraction of sp³-hybridized carbons (Fsp3) is 0.621. The van der Waals surface area contributed by atoms with Gasteiger partial charge in [0, 0.05) is 30.6 Å². The number of aryl methyl sites for hydroxylation is 3. The van der Waals surface area contributed by atoms with Crippen LogP contribution in [0.4, 0.5) is 0 Å². The third kappa shape index (κ3) is 6.86. The number of carbonyl (C=O) groups excluding carboxylic acids is 1. The number of amides is 1. The molecule has 4 rings (SSSR count). The van der Waals surface area contributed by atoms with Crippen molar-refractivity contribution in [3.8, 4) is 0 Å². The van der Waals surface area contributed by atoms with Crippen molar-refractivity contribution in [2.45, 2.75) is 69.9 Å². The Labute approximate surface area is 232 Å². The second-order valence-electron chi connectivity index (χ2n) is 11.3. The number of nitrogens with zero attached hydrogens (tertiary/aromatic N) is 2. The molecule has 1 saturated carbocycles. The van der Waals surface area contributed by atoms with Crippen LogP contribution in [0.1, 0.15) is 59.7 Å². The van der Waals surface area contributed by atoms with Gasteiger partial charge < -0.3 is 15.0 Å². The summed E-state index contributed by atoms with van der Waals surface area (Å²) in [6.07, 6.45) is 4.91. The molecule has 38 heavy (non-hydrogen) atoms. The van der Waals surface area contributed by atoms with Crippen LogP contribution in [0.5, 0.6) is 0 Å². The summed E-state index contributed by atoms with van der Waals surface area (Å²) in [5.74, 6) is 1.02. The van der Waals surface area contributed by atoms with Crippen molar-refractivity contribution >= 4 is 27.3 Å². The van der Waals surface area contributed by atoms with E-state index in [1.165, 1.54) is 22.0 Å². The van der Waals surface area contributed by atoms with E-state index in [9.17, 15) is 13.2 Å². The first kappa shape index (κ1) is 29.2. The van der Waals surface area contributed by atoms with Crippen molar-refractivity contribution in [2.75, 3.05) is 40.3 Å². The molecule has 2 aromatic rings. The minimum absolute atomic E-state index is 0.0302. The number of hydrogen-bond donors (Lipinski definition) is 1. The van der Waals surface area contributed by atoms with Gasteiger partial charge in [-0.2, -0.15) is 4.31 Å². The summed E-state index contributed by atoms with van der Waals surface area (Å²) in [5, 5.41) is 5.21. The predicted octanol–water partition coefficient (Wildman–Crippen LogP) is 4.68. The van der Waals surface area contributed by atoms with Crippen LogP contribution in [0, 0.1) is 32.6 Å². The first-order chi connectivity index (χ1) is 18.1. The lowest BCUT2D eigenvalue weighted by atomic mass is 9.77. The van der Waals surface area contributed by atoms with E-state index in [1.807, 2.05) is 44.2 Å². The van der Waals surface area contributed by atoms with Crippen LogP contribution < -0.4 is 5.32 Å². The molecule has 0 bridgehead atoms. The normalized spacial score (nSPS) is 23.6. The Hall–Kier alpha value is -1.78. The molecule has 0 radical (unpaired) electrons. The summed E-state index contributed by atoms with van der Waals surface area (Å²) in [6, 6.07) is 8.65. The lowest BCUT2D eigenvalue weighted by molar-refractivity contribution is -0.127. The van der Waals surface area contributed by atoms with Gasteiger partial charge in [-0.25, -0.2) is 8.42 Å². The van der Waals surface area contributed by atoms with Gasteiger partial charge >= 0.3 is 0 Å². The molecule has 210 valence electrons. The number of hydrogen-bond acceptors (Lipinski definition) is 6. The highest BCUT2D eigenvalue weighted by Crippen LogP contribution is 2.40. The molecule has 9 heteroatoms. The molecule has 1 aromatic carbocycles. The molecule has 7 nitrogen and oxygen atoms in total. The topological polar surface area (TPSA) is 78.9 Å². The summed E-state index contributed by atoms with van der Waals surface area (Å²) in [5.41, 5.74) is 2.59. The smallest absolute Gasteiger partial charge is 0.246 e. The summed E-state index contributed by atoms with van der Waals surface area (Å²) >= 11 is 1.84. The molecule has 2 atom stereocenters. The summed E-state index contributed by atoms with van der Waals surface area (Å²) in [4.78, 5) is 16.7. The second kappa shape index (κ2) is 12.6. The zero-order valence-corrected chi connectivity index (χ0v) is 25.0. The van der Waals surface area contributed by atoms with E-state index in [0.717, 1.165) is 29.5 Å². The quantitative estimate of drug-likeness (QED) is 0.456. The Morgan fingerprint density at radius 2 is 1.82 bits per heavy atom. The molecule has 1 aliphatic carbocycles. The second-order valence-corrected chi connectivity index (χ2v) is 14.2. The molecule has 1 aliphatic heterocycles. The van der Waals surface area contributed by atoms with Crippen molar-refractivity contribution in [2.24, 2.45) is 11.8 Å². The molecule has 2 fully saturated rings. The van der Waals surface area contributed by atoms with Gasteiger partial charge in [-0.15, -0.1) is 11.3 Å². The van der Waals surface area contributed by atoms with Crippen molar-refractivity contribution in [3.05, 3.63) is 51.2 Å². The Balaban J connectivity index is 1.19. The molecular formula is C29H43N3O4S2. The molecule has 0 spiro atoms.